The summed E-state index contributed by atoms with van der Waals surface area (Å²) in [6.07, 6.45) is 15.4. The Morgan fingerprint density at radius 1 is 1.17 bits per heavy atom. The van der Waals surface area contributed by atoms with Crippen LogP contribution in [-0.4, -0.2) is 6.21 Å². The van der Waals surface area contributed by atoms with Crippen molar-refractivity contribution in [1.29, 1.82) is 0 Å². The minimum Gasteiger partial charge on any atom is -0.391 e. The average Bonchev–Trinajstić information content (AvgIpc) is 2.72. The van der Waals surface area contributed by atoms with E-state index in [0.717, 1.165) is 12.0 Å². The van der Waals surface area contributed by atoms with Crippen LogP contribution in [0.2, 0.25) is 0 Å². The summed E-state index contributed by atoms with van der Waals surface area (Å²) in [5.41, 5.74) is 3.22. The molecule has 2 unspecified atom stereocenters. The van der Waals surface area contributed by atoms with Crippen LogP contribution in [0.5, 0.6) is 0 Å². The normalized spacial score (nSPS) is 38.5. The zero-order chi connectivity index (χ0) is 21.4. The van der Waals surface area contributed by atoms with Gasteiger partial charge in [0, 0.05) is 11.6 Å². The Labute approximate surface area is 181 Å². The third kappa shape index (κ3) is 3.88. The minimum atomic E-state index is -0.225. The summed E-state index contributed by atoms with van der Waals surface area (Å²) >= 11 is 0. The summed E-state index contributed by atoms with van der Waals surface area (Å²) < 4.78 is 13.1. The SMILES string of the molecule is C=C[C@@]1(C)CC=C2C(CCC3[C@@]2(C)CCC[C@@]3(C)C=NOCc2ccc(F)cc2)C1. The van der Waals surface area contributed by atoms with Crippen LogP contribution < -0.4 is 0 Å². The number of fused-ring (bicyclic) bond motifs is 3. The maximum atomic E-state index is 13.1. The maximum absolute atomic E-state index is 13.1. The maximum Gasteiger partial charge on any atom is 0.142 e. The lowest BCUT2D eigenvalue weighted by Crippen LogP contribution is -2.50. The molecule has 2 fully saturated rings. The predicted molar refractivity (Wildman–Crippen MR) is 122 cm³/mol. The highest BCUT2D eigenvalue weighted by molar-refractivity contribution is 5.66. The van der Waals surface area contributed by atoms with Crippen molar-refractivity contribution in [2.45, 2.75) is 72.3 Å². The van der Waals surface area contributed by atoms with Crippen LogP contribution in [0, 0.1) is 33.9 Å². The fraction of sp³-hybridized carbons (Fsp3) is 0.593. The Morgan fingerprint density at radius 2 is 1.93 bits per heavy atom. The van der Waals surface area contributed by atoms with E-state index >= 15 is 0 Å². The Kier molecular flexibility index (Phi) is 5.67. The summed E-state index contributed by atoms with van der Waals surface area (Å²) in [7, 11) is 0. The Morgan fingerprint density at radius 3 is 2.67 bits per heavy atom. The molecule has 0 radical (unpaired) electrons. The molecule has 0 amide bonds. The van der Waals surface area contributed by atoms with E-state index in [4.69, 9.17) is 4.84 Å². The van der Waals surface area contributed by atoms with Gasteiger partial charge in [-0.1, -0.05) is 62.2 Å². The van der Waals surface area contributed by atoms with Crippen molar-refractivity contribution in [2.75, 3.05) is 0 Å². The second kappa shape index (κ2) is 7.98. The van der Waals surface area contributed by atoms with Gasteiger partial charge in [0.05, 0.1) is 0 Å². The molecule has 1 aromatic rings. The lowest BCUT2D eigenvalue weighted by atomic mass is 9.46. The first-order chi connectivity index (χ1) is 14.3. The van der Waals surface area contributed by atoms with Crippen molar-refractivity contribution in [1.82, 2.24) is 0 Å². The summed E-state index contributed by atoms with van der Waals surface area (Å²) in [5.74, 6) is 1.09. The Bertz CT molecular complexity index is 843. The molecule has 2 nitrogen and oxygen atoms in total. The van der Waals surface area contributed by atoms with Crippen LogP contribution in [0.3, 0.4) is 0 Å². The molecule has 30 heavy (non-hydrogen) atoms. The van der Waals surface area contributed by atoms with Crippen molar-refractivity contribution in [3.63, 3.8) is 0 Å². The first kappa shape index (κ1) is 21.3. The van der Waals surface area contributed by atoms with Crippen molar-refractivity contribution >= 4 is 6.21 Å². The van der Waals surface area contributed by atoms with E-state index < -0.39 is 0 Å². The second-order valence-electron chi connectivity index (χ2n) is 10.7. The van der Waals surface area contributed by atoms with Gasteiger partial charge in [0.25, 0.3) is 0 Å². The number of nitrogens with zero attached hydrogens (tertiary/aromatic N) is 1. The van der Waals surface area contributed by atoms with Gasteiger partial charge in [-0.05, 0) is 78.9 Å². The van der Waals surface area contributed by atoms with Crippen LogP contribution in [0.25, 0.3) is 0 Å². The molecule has 0 aliphatic heterocycles. The molecule has 0 aromatic heterocycles. The van der Waals surface area contributed by atoms with Crippen LogP contribution in [0.1, 0.15) is 71.3 Å². The molecular weight excluding hydrogens is 373 g/mol. The zero-order valence-corrected chi connectivity index (χ0v) is 18.8. The van der Waals surface area contributed by atoms with Gasteiger partial charge in [-0.25, -0.2) is 4.39 Å². The molecule has 0 saturated heterocycles. The van der Waals surface area contributed by atoms with Gasteiger partial charge in [0.1, 0.15) is 12.4 Å². The molecule has 162 valence electrons. The fourth-order valence-corrected chi connectivity index (χ4v) is 6.67. The number of allylic oxidation sites excluding steroid dienone is 3. The van der Waals surface area contributed by atoms with Gasteiger partial charge < -0.3 is 4.84 Å². The van der Waals surface area contributed by atoms with Crippen molar-refractivity contribution in [3.8, 4) is 0 Å². The molecule has 3 aliphatic carbocycles. The third-order valence-corrected chi connectivity index (χ3v) is 8.44. The van der Waals surface area contributed by atoms with Crippen molar-refractivity contribution in [3.05, 3.63) is 60.0 Å². The first-order valence-electron chi connectivity index (χ1n) is 11.5. The molecule has 0 N–H and O–H groups in total. The van der Waals surface area contributed by atoms with Gasteiger partial charge >= 0.3 is 0 Å². The number of benzene rings is 1. The van der Waals surface area contributed by atoms with Crippen LogP contribution in [0.15, 0.2) is 53.7 Å². The number of hydrogen-bond acceptors (Lipinski definition) is 2. The lowest BCUT2D eigenvalue weighted by Gasteiger charge is -2.58. The highest BCUT2D eigenvalue weighted by Crippen LogP contribution is 2.63. The van der Waals surface area contributed by atoms with Crippen molar-refractivity contribution < 1.29 is 9.23 Å². The minimum absolute atomic E-state index is 0.0563. The molecule has 3 heteroatoms. The molecule has 2 saturated carbocycles. The van der Waals surface area contributed by atoms with Gasteiger partial charge in [0.2, 0.25) is 0 Å². The van der Waals surface area contributed by atoms with Crippen LogP contribution in [0.4, 0.5) is 4.39 Å². The summed E-state index contributed by atoms with van der Waals surface area (Å²) in [4.78, 5) is 5.61. The van der Waals surface area contributed by atoms with E-state index in [1.165, 1.54) is 50.7 Å². The first-order valence-corrected chi connectivity index (χ1v) is 11.5. The zero-order valence-electron chi connectivity index (χ0n) is 18.8. The van der Waals surface area contributed by atoms with Gasteiger partial charge in [-0.2, -0.15) is 0 Å². The quantitative estimate of drug-likeness (QED) is 0.281. The Hall–Kier alpha value is -1.90. The smallest absolute Gasteiger partial charge is 0.142 e. The average molecular weight is 410 g/mol. The fourth-order valence-electron chi connectivity index (χ4n) is 6.67. The summed E-state index contributed by atoms with van der Waals surface area (Å²) in [5, 5.41) is 4.40. The number of rotatable bonds is 5. The topological polar surface area (TPSA) is 21.6 Å². The van der Waals surface area contributed by atoms with E-state index in [9.17, 15) is 4.39 Å². The monoisotopic (exact) mass is 409 g/mol. The number of oxime groups is 1. The highest BCUT2D eigenvalue weighted by Gasteiger charge is 2.54. The van der Waals surface area contributed by atoms with E-state index in [-0.39, 0.29) is 22.1 Å². The van der Waals surface area contributed by atoms with Gasteiger partial charge in [0.15, 0.2) is 0 Å². The lowest BCUT2D eigenvalue weighted by molar-refractivity contribution is 0.0113. The number of halogens is 1. The van der Waals surface area contributed by atoms with Gasteiger partial charge in [-0.15, -0.1) is 6.58 Å². The van der Waals surface area contributed by atoms with Crippen LogP contribution >= 0.6 is 0 Å². The van der Waals surface area contributed by atoms with Gasteiger partial charge in [-0.3, -0.25) is 0 Å². The van der Waals surface area contributed by atoms with Crippen LogP contribution in [-0.2, 0) is 11.4 Å². The molecule has 3 aliphatic rings. The molecule has 1 aromatic carbocycles. The molecule has 4 rings (SSSR count). The molecule has 0 bridgehead atoms. The van der Waals surface area contributed by atoms with E-state index in [1.54, 1.807) is 17.7 Å². The summed E-state index contributed by atoms with van der Waals surface area (Å²) in [6.45, 7) is 11.7. The van der Waals surface area contributed by atoms with E-state index in [1.807, 2.05) is 0 Å². The second-order valence-corrected chi connectivity index (χ2v) is 10.7. The summed E-state index contributed by atoms with van der Waals surface area (Å²) in [6, 6.07) is 6.42. The number of hydrogen-bond donors (Lipinski definition) is 0. The third-order valence-electron chi connectivity index (χ3n) is 8.44. The van der Waals surface area contributed by atoms with E-state index in [2.05, 4.69) is 50.9 Å². The molecular formula is C27H36FNO. The standard InChI is InChI=1S/C27H36FNO/c1-5-25(2)16-13-23-21(17-25)9-12-24-26(3,14-6-15-27(23,24)4)19-29-30-18-20-7-10-22(28)11-8-20/h5,7-8,10-11,13,19,21,24H,1,6,9,12,14-18H2,2-4H3/t21?,24?,25-,26-,27-/m0/s1. The van der Waals surface area contributed by atoms with Crippen molar-refractivity contribution in [2.24, 2.45) is 33.2 Å². The largest absolute Gasteiger partial charge is 0.391 e. The van der Waals surface area contributed by atoms with E-state index in [0.29, 0.717) is 18.4 Å². The Balaban J connectivity index is 1.49. The predicted octanol–water partition coefficient (Wildman–Crippen LogP) is 7.46. The molecule has 0 spiro atoms. The molecule has 5 atom stereocenters. The highest BCUT2D eigenvalue weighted by atomic mass is 19.1. The molecule has 0 heterocycles.